The predicted octanol–water partition coefficient (Wildman–Crippen LogP) is 1.00. The second-order valence-electron chi connectivity index (χ2n) is 3.41. The molecule has 1 heterocycles. The monoisotopic (exact) mass is 195 g/mol. The van der Waals surface area contributed by atoms with Gasteiger partial charge >= 0.3 is 0 Å². The first-order valence-corrected chi connectivity index (χ1v) is 4.80. The molecule has 0 saturated carbocycles. The highest BCUT2D eigenvalue weighted by atomic mass is 15.3. The van der Waals surface area contributed by atoms with Crippen molar-refractivity contribution in [3.05, 3.63) is 11.6 Å². The van der Waals surface area contributed by atoms with Crippen LogP contribution in [0.3, 0.4) is 0 Å². The molecule has 0 aliphatic carbocycles. The van der Waals surface area contributed by atoms with E-state index in [1.54, 1.807) is 0 Å². The lowest BCUT2D eigenvalue weighted by Crippen LogP contribution is -2.10. The molecule has 78 valence electrons. The highest BCUT2D eigenvalue weighted by Gasteiger charge is 2.01. The zero-order chi connectivity index (χ0) is 10.6. The first-order chi connectivity index (χ1) is 6.59. The number of unbranched alkanes of at least 4 members (excludes halogenated alkanes) is 1. The summed E-state index contributed by atoms with van der Waals surface area (Å²) in [5.74, 6) is 2.02. The van der Waals surface area contributed by atoms with E-state index in [1.807, 2.05) is 18.5 Å². The molecular formula is C9H17N5. The van der Waals surface area contributed by atoms with Crippen LogP contribution in [-0.4, -0.2) is 20.6 Å². The van der Waals surface area contributed by atoms with Crippen molar-refractivity contribution in [1.82, 2.24) is 14.8 Å². The van der Waals surface area contributed by atoms with Gasteiger partial charge in [0.2, 0.25) is 0 Å². The summed E-state index contributed by atoms with van der Waals surface area (Å²) >= 11 is 0. The number of hydrogen-bond acceptors (Lipinski definition) is 3. The molecule has 0 bridgehead atoms. The van der Waals surface area contributed by atoms with Crippen molar-refractivity contribution in [2.75, 3.05) is 0 Å². The third kappa shape index (κ3) is 3.16. The van der Waals surface area contributed by atoms with Gasteiger partial charge in [-0.15, -0.1) is 0 Å². The molecule has 5 heteroatoms. The number of aryl methyl sites for hydroxylation is 3. The minimum absolute atomic E-state index is 0.261. The van der Waals surface area contributed by atoms with Crippen LogP contribution in [0.4, 0.5) is 0 Å². The summed E-state index contributed by atoms with van der Waals surface area (Å²) in [6, 6.07) is 0. The van der Waals surface area contributed by atoms with Crippen LogP contribution in [0.5, 0.6) is 0 Å². The van der Waals surface area contributed by atoms with Crippen LogP contribution in [0.25, 0.3) is 0 Å². The van der Waals surface area contributed by atoms with E-state index in [2.05, 4.69) is 10.1 Å². The molecule has 0 atom stereocenters. The van der Waals surface area contributed by atoms with Crippen molar-refractivity contribution in [3.8, 4) is 0 Å². The Labute approximate surface area is 83.8 Å². The summed E-state index contributed by atoms with van der Waals surface area (Å²) in [7, 11) is 0. The summed E-state index contributed by atoms with van der Waals surface area (Å²) in [5, 5.41) is 11.3. The maximum Gasteiger partial charge on any atom is 0.147 e. The Balaban J connectivity index is 2.31. The molecule has 0 aliphatic rings. The van der Waals surface area contributed by atoms with Gasteiger partial charge in [0.25, 0.3) is 0 Å². The Bertz CT molecular complexity index is 315. The molecule has 1 rings (SSSR count). The molecule has 0 aliphatic heterocycles. The van der Waals surface area contributed by atoms with Gasteiger partial charge in [-0.2, -0.15) is 5.10 Å². The van der Waals surface area contributed by atoms with E-state index in [1.165, 1.54) is 0 Å². The molecule has 14 heavy (non-hydrogen) atoms. The number of nitrogens with zero attached hydrogens (tertiary/aromatic N) is 3. The van der Waals surface area contributed by atoms with Crippen molar-refractivity contribution in [2.24, 2.45) is 5.73 Å². The Morgan fingerprint density at radius 3 is 2.64 bits per heavy atom. The number of rotatable bonds is 5. The Hall–Kier alpha value is -1.39. The normalized spacial score (nSPS) is 10.4. The summed E-state index contributed by atoms with van der Waals surface area (Å²) in [6.07, 6.45) is 2.60. The Morgan fingerprint density at radius 2 is 2.14 bits per heavy atom. The van der Waals surface area contributed by atoms with Crippen LogP contribution < -0.4 is 5.73 Å². The standard InChI is InChI=1S/C9H17N5/c1-7-12-8(2)14(13-7)6-4-3-5-9(10)11/h3-6H2,1-2H3,(H3,10,11). The molecule has 0 aromatic carbocycles. The van der Waals surface area contributed by atoms with E-state index in [4.69, 9.17) is 11.1 Å². The molecule has 0 spiro atoms. The second-order valence-corrected chi connectivity index (χ2v) is 3.41. The highest BCUT2D eigenvalue weighted by molar-refractivity contribution is 5.76. The number of hydrogen-bond donors (Lipinski definition) is 2. The van der Waals surface area contributed by atoms with Gasteiger partial charge in [0.05, 0.1) is 5.84 Å². The summed E-state index contributed by atoms with van der Waals surface area (Å²) < 4.78 is 1.90. The second kappa shape index (κ2) is 4.74. The van der Waals surface area contributed by atoms with E-state index in [9.17, 15) is 0 Å². The van der Waals surface area contributed by atoms with Gasteiger partial charge < -0.3 is 5.73 Å². The van der Waals surface area contributed by atoms with Crippen molar-refractivity contribution >= 4 is 5.84 Å². The highest BCUT2D eigenvalue weighted by Crippen LogP contribution is 2.01. The van der Waals surface area contributed by atoms with E-state index in [0.29, 0.717) is 6.42 Å². The largest absolute Gasteiger partial charge is 0.388 e. The lowest BCUT2D eigenvalue weighted by molar-refractivity contribution is 0.546. The topological polar surface area (TPSA) is 80.6 Å². The minimum atomic E-state index is 0.261. The van der Waals surface area contributed by atoms with Crippen LogP contribution in [0.15, 0.2) is 0 Å². The molecule has 0 amide bonds. The quantitative estimate of drug-likeness (QED) is 0.418. The molecule has 5 nitrogen and oxygen atoms in total. The smallest absolute Gasteiger partial charge is 0.147 e. The van der Waals surface area contributed by atoms with Crippen LogP contribution in [0.1, 0.15) is 30.9 Å². The van der Waals surface area contributed by atoms with Gasteiger partial charge in [0.15, 0.2) is 0 Å². The molecule has 1 aromatic heterocycles. The Kier molecular flexibility index (Phi) is 3.62. The van der Waals surface area contributed by atoms with Crippen LogP contribution >= 0.6 is 0 Å². The molecule has 0 radical (unpaired) electrons. The third-order valence-corrected chi connectivity index (χ3v) is 2.03. The van der Waals surface area contributed by atoms with Crippen molar-refractivity contribution in [3.63, 3.8) is 0 Å². The SMILES string of the molecule is Cc1nc(C)n(CCCCC(=N)N)n1. The molecular weight excluding hydrogens is 178 g/mol. The van der Waals surface area contributed by atoms with E-state index in [-0.39, 0.29) is 5.84 Å². The molecule has 0 saturated heterocycles. The van der Waals surface area contributed by atoms with Gasteiger partial charge in [-0.05, 0) is 26.7 Å². The number of amidine groups is 1. The zero-order valence-corrected chi connectivity index (χ0v) is 8.75. The van der Waals surface area contributed by atoms with Crippen LogP contribution in [-0.2, 0) is 6.54 Å². The molecule has 0 unspecified atom stereocenters. The molecule has 1 aromatic rings. The predicted molar refractivity (Wildman–Crippen MR) is 55.3 cm³/mol. The summed E-state index contributed by atoms with van der Waals surface area (Å²) in [6.45, 7) is 4.70. The third-order valence-electron chi connectivity index (χ3n) is 2.03. The first-order valence-electron chi connectivity index (χ1n) is 4.80. The maximum atomic E-state index is 7.07. The zero-order valence-electron chi connectivity index (χ0n) is 8.75. The van der Waals surface area contributed by atoms with Gasteiger partial charge in [-0.1, -0.05) is 0 Å². The molecule has 3 N–H and O–H groups in total. The van der Waals surface area contributed by atoms with Gasteiger partial charge in [0, 0.05) is 13.0 Å². The maximum absolute atomic E-state index is 7.07. The summed E-state index contributed by atoms with van der Waals surface area (Å²) in [5.41, 5.74) is 5.25. The summed E-state index contributed by atoms with van der Waals surface area (Å²) in [4.78, 5) is 4.21. The van der Waals surface area contributed by atoms with Gasteiger partial charge in [0.1, 0.15) is 11.6 Å². The van der Waals surface area contributed by atoms with Gasteiger partial charge in [-0.25, -0.2) is 4.98 Å². The van der Waals surface area contributed by atoms with E-state index >= 15 is 0 Å². The average Bonchev–Trinajstić information content (AvgIpc) is 2.39. The van der Waals surface area contributed by atoms with Crippen molar-refractivity contribution < 1.29 is 0 Å². The fourth-order valence-electron chi connectivity index (χ4n) is 1.35. The van der Waals surface area contributed by atoms with E-state index in [0.717, 1.165) is 31.0 Å². The number of nitrogens with two attached hydrogens (primary N) is 1. The Morgan fingerprint density at radius 1 is 1.43 bits per heavy atom. The lowest BCUT2D eigenvalue weighted by atomic mass is 10.2. The average molecular weight is 195 g/mol. The fourth-order valence-corrected chi connectivity index (χ4v) is 1.35. The lowest BCUT2D eigenvalue weighted by Gasteiger charge is -2.02. The first kappa shape index (κ1) is 10.7. The number of aromatic nitrogens is 3. The van der Waals surface area contributed by atoms with E-state index < -0.39 is 0 Å². The fraction of sp³-hybridized carbons (Fsp3) is 0.667. The molecule has 0 fully saturated rings. The minimum Gasteiger partial charge on any atom is -0.388 e. The number of nitrogens with one attached hydrogen (secondary N) is 1. The van der Waals surface area contributed by atoms with Crippen molar-refractivity contribution in [1.29, 1.82) is 5.41 Å². The van der Waals surface area contributed by atoms with Crippen LogP contribution in [0.2, 0.25) is 0 Å². The van der Waals surface area contributed by atoms with Crippen LogP contribution in [0, 0.1) is 19.3 Å². The van der Waals surface area contributed by atoms with Crippen molar-refractivity contribution in [2.45, 2.75) is 39.7 Å². The van der Waals surface area contributed by atoms with Gasteiger partial charge in [-0.3, -0.25) is 10.1 Å².